The number of hydrogen-bond donors (Lipinski definition) is 3. The largest absolute Gasteiger partial charge is 0.480 e. The molecule has 1 amide bonds. The first kappa shape index (κ1) is 14.2. The number of aliphatic carboxylic acids is 1. The van der Waals surface area contributed by atoms with Crippen LogP contribution in [-0.4, -0.2) is 30.1 Å². The highest BCUT2D eigenvalue weighted by molar-refractivity contribution is 5.90. The smallest absolute Gasteiger partial charge is 0.317 e. The van der Waals surface area contributed by atoms with Crippen molar-refractivity contribution in [3.63, 3.8) is 0 Å². The third-order valence-corrected chi connectivity index (χ3v) is 2.34. The number of anilines is 1. The topological polar surface area (TPSA) is 78.4 Å². The number of amides is 1. The molecule has 0 fully saturated rings. The second kappa shape index (κ2) is 7.45. The van der Waals surface area contributed by atoms with Gasteiger partial charge in [-0.2, -0.15) is 0 Å². The van der Waals surface area contributed by atoms with Crippen LogP contribution in [-0.2, 0) is 9.59 Å². The number of aryl methyl sites for hydroxylation is 1. The predicted molar refractivity (Wildman–Crippen MR) is 69.5 cm³/mol. The van der Waals surface area contributed by atoms with Gasteiger partial charge in [0.1, 0.15) is 0 Å². The van der Waals surface area contributed by atoms with Gasteiger partial charge in [0, 0.05) is 12.1 Å². The van der Waals surface area contributed by atoms with Crippen molar-refractivity contribution >= 4 is 17.6 Å². The third kappa shape index (κ3) is 6.00. The highest BCUT2D eigenvalue weighted by Gasteiger charge is 2.02. The average Bonchev–Trinajstić information content (AvgIpc) is 2.28. The van der Waals surface area contributed by atoms with Crippen molar-refractivity contribution in [2.45, 2.75) is 19.8 Å². The number of nitrogens with one attached hydrogen (secondary N) is 2. The summed E-state index contributed by atoms with van der Waals surface area (Å²) in [6.45, 7) is 2.42. The van der Waals surface area contributed by atoms with Crippen LogP contribution in [0.15, 0.2) is 24.3 Å². The number of carboxylic acid groups (broad SMARTS) is 1. The van der Waals surface area contributed by atoms with Crippen LogP contribution < -0.4 is 10.6 Å². The second-order valence-corrected chi connectivity index (χ2v) is 4.09. The molecular formula is C13H18N2O3. The van der Waals surface area contributed by atoms with E-state index in [1.165, 1.54) is 0 Å². The van der Waals surface area contributed by atoms with E-state index in [1.807, 2.05) is 31.2 Å². The molecule has 0 aliphatic carbocycles. The molecule has 1 rings (SSSR count). The molecule has 0 spiro atoms. The fourth-order valence-corrected chi connectivity index (χ4v) is 1.52. The first-order chi connectivity index (χ1) is 8.58. The molecule has 5 nitrogen and oxygen atoms in total. The minimum atomic E-state index is -0.890. The zero-order valence-corrected chi connectivity index (χ0v) is 10.4. The van der Waals surface area contributed by atoms with Crippen LogP contribution in [0.5, 0.6) is 0 Å². The standard InChI is InChI=1S/C13H18N2O3/c1-10-4-2-5-11(8-10)15-12(16)6-3-7-14-9-13(17)18/h2,4-5,8,14H,3,6-7,9H2,1H3,(H,15,16)(H,17,18). The van der Waals surface area contributed by atoms with Gasteiger partial charge in [-0.25, -0.2) is 0 Å². The molecule has 0 aromatic heterocycles. The minimum absolute atomic E-state index is 0.0577. The highest BCUT2D eigenvalue weighted by Crippen LogP contribution is 2.09. The van der Waals surface area contributed by atoms with Crippen molar-refractivity contribution in [2.24, 2.45) is 0 Å². The molecule has 0 aliphatic rings. The van der Waals surface area contributed by atoms with Gasteiger partial charge in [0.2, 0.25) is 5.91 Å². The SMILES string of the molecule is Cc1cccc(NC(=O)CCCNCC(=O)O)c1. The van der Waals surface area contributed by atoms with Gasteiger partial charge in [-0.05, 0) is 37.6 Å². The lowest BCUT2D eigenvalue weighted by Crippen LogP contribution is -2.24. The summed E-state index contributed by atoms with van der Waals surface area (Å²) in [5, 5.41) is 13.9. The molecule has 3 N–H and O–H groups in total. The van der Waals surface area contributed by atoms with Gasteiger partial charge in [-0.3, -0.25) is 9.59 Å². The quantitative estimate of drug-likeness (QED) is 0.639. The molecule has 0 saturated carbocycles. The maximum absolute atomic E-state index is 11.6. The van der Waals surface area contributed by atoms with Crippen LogP contribution in [0.2, 0.25) is 0 Å². The van der Waals surface area contributed by atoms with E-state index in [-0.39, 0.29) is 12.5 Å². The average molecular weight is 250 g/mol. The summed E-state index contributed by atoms with van der Waals surface area (Å²) in [6, 6.07) is 7.60. The number of carbonyl (C=O) groups excluding carboxylic acids is 1. The molecule has 5 heteroatoms. The van der Waals surface area contributed by atoms with Gasteiger partial charge in [0.05, 0.1) is 6.54 Å². The van der Waals surface area contributed by atoms with Crippen LogP contribution in [0, 0.1) is 6.92 Å². The molecule has 0 bridgehead atoms. The highest BCUT2D eigenvalue weighted by atomic mass is 16.4. The molecule has 0 atom stereocenters. The summed E-state index contributed by atoms with van der Waals surface area (Å²) in [7, 11) is 0. The lowest BCUT2D eigenvalue weighted by atomic mass is 10.2. The fourth-order valence-electron chi connectivity index (χ4n) is 1.52. The summed E-state index contributed by atoms with van der Waals surface area (Å²) in [5.41, 5.74) is 1.88. The van der Waals surface area contributed by atoms with E-state index in [9.17, 15) is 9.59 Å². The maximum Gasteiger partial charge on any atom is 0.317 e. The molecule has 1 aromatic carbocycles. The van der Waals surface area contributed by atoms with E-state index >= 15 is 0 Å². The summed E-state index contributed by atoms with van der Waals surface area (Å²) < 4.78 is 0. The summed E-state index contributed by atoms with van der Waals surface area (Å²) >= 11 is 0. The van der Waals surface area contributed by atoms with Crippen molar-refractivity contribution in [3.8, 4) is 0 Å². The van der Waals surface area contributed by atoms with Gasteiger partial charge in [0.25, 0.3) is 0 Å². The molecule has 0 saturated heterocycles. The van der Waals surface area contributed by atoms with Gasteiger partial charge >= 0.3 is 5.97 Å². The van der Waals surface area contributed by atoms with Crippen LogP contribution in [0.25, 0.3) is 0 Å². The Morgan fingerprint density at radius 3 is 2.78 bits per heavy atom. The number of rotatable bonds is 7. The summed E-state index contributed by atoms with van der Waals surface area (Å²) in [4.78, 5) is 21.8. The Morgan fingerprint density at radius 1 is 1.33 bits per heavy atom. The number of carbonyl (C=O) groups is 2. The fraction of sp³-hybridized carbons (Fsp3) is 0.385. The van der Waals surface area contributed by atoms with Gasteiger partial charge in [0.15, 0.2) is 0 Å². The van der Waals surface area contributed by atoms with Crippen LogP contribution >= 0.6 is 0 Å². The Hall–Kier alpha value is -1.88. The van der Waals surface area contributed by atoms with Crippen molar-refractivity contribution in [1.82, 2.24) is 5.32 Å². The van der Waals surface area contributed by atoms with E-state index in [1.54, 1.807) is 0 Å². The summed E-state index contributed by atoms with van der Waals surface area (Å²) in [6.07, 6.45) is 0.992. The van der Waals surface area contributed by atoms with Gasteiger partial charge in [-0.1, -0.05) is 12.1 Å². The van der Waals surface area contributed by atoms with Crippen LogP contribution in [0.3, 0.4) is 0 Å². The van der Waals surface area contributed by atoms with Crippen LogP contribution in [0.1, 0.15) is 18.4 Å². The lowest BCUT2D eigenvalue weighted by molar-refractivity contribution is -0.135. The molecule has 0 unspecified atom stereocenters. The van der Waals surface area contributed by atoms with Crippen molar-refractivity contribution in [2.75, 3.05) is 18.4 Å². The monoisotopic (exact) mass is 250 g/mol. The molecule has 0 aliphatic heterocycles. The Balaban J connectivity index is 2.20. The number of benzene rings is 1. The van der Waals surface area contributed by atoms with Crippen molar-refractivity contribution < 1.29 is 14.7 Å². The normalized spacial score (nSPS) is 10.1. The second-order valence-electron chi connectivity index (χ2n) is 4.09. The van der Waals surface area contributed by atoms with Crippen molar-refractivity contribution in [3.05, 3.63) is 29.8 Å². The third-order valence-electron chi connectivity index (χ3n) is 2.34. The predicted octanol–water partition coefficient (Wildman–Crippen LogP) is 1.39. The molecule has 0 radical (unpaired) electrons. The van der Waals surface area contributed by atoms with Crippen molar-refractivity contribution in [1.29, 1.82) is 0 Å². The van der Waals surface area contributed by atoms with E-state index in [0.29, 0.717) is 19.4 Å². The van der Waals surface area contributed by atoms with E-state index < -0.39 is 5.97 Å². The molecule has 18 heavy (non-hydrogen) atoms. The zero-order chi connectivity index (χ0) is 13.4. The van der Waals surface area contributed by atoms with E-state index in [0.717, 1.165) is 11.3 Å². The maximum atomic E-state index is 11.6. The Morgan fingerprint density at radius 2 is 2.11 bits per heavy atom. The van der Waals surface area contributed by atoms with E-state index in [4.69, 9.17) is 5.11 Å². The van der Waals surface area contributed by atoms with Crippen LogP contribution in [0.4, 0.5) is 5.69 Å². The minimum Gasteiger partial charge on any atom is -0.480 e. The van der Waals surface area contributed by atoms with Gasteiger partial charge < -0.3 is 15.7 Å². The summed E-state index contributed by atoms with van der Waals surface area (Å²) in [5.74, 6) is -0.947. The number of carboxylic acids is 1. The first-order valence-corrected chi connectivity index (χ1v) is 5.87. The molecule has 98 valence electrons. The lowest BCUT2D eigenvalue weighted by Gasteiger charge is -2.06. The molecule has 0 heterocycles. The molecular weight excluding hydrogens is 232 g/mol. The zero-order valence-electron chi connectivity index (χ0n) is 10.4. The Bertz CT molecular complexity index is 418. The first-order valence-electron chi connectivity index (χ1n) is 5.87. The Labute approximate surface area is 106 Å². The Kier molecular flexibility index (Phi) is 5.87. The van der Waals surface area contributed by atoms with Gasteiger partial charge in [-0.15, -0.1) is 0 Å². The number of hydrogen-bond acceptors (Lipinski definition) is 3. The van der Waals surface area contributed by atoms with E-state index in [2.05, 4.69) is 10.6 Å². The molecule has 1 aromatic rings.